The number of hydrogen-bond acceptors (Lipinski definition) is 6. The summed E-state index contributed by atoms with van der Waals surface area (Å²) in [7, 11) is 0. The molecule has 7 nitrogen and oxygen atoms in total. The zero-order valence-electron chi connectivity index (χ0n) is 20.3. The van der Waals surface area contributed by atoms with Crippen LogP contribution in [0.15, 0.2) is 73.6 Å². The molecule has 1 saturated heterocycles. The van der Waals surface area contributed by atoms with Gasteiger partial charge in [-0.3, -0.25) is 4.79 Å². The van der Waals surface area contributed by atoms with Crippen molar-refractivity contribution in [3.8, 4) is 5.75 Å². The lowest BCUT2D eigenvalue weighted by Crippen LogP contribution is -2.48. The second-order valence-corrected chi connectivity index (χ2v) is 9.16. The maximum atomic E-state index is 15.2. The van der Waals surface area contributed by atoms with Crippen molar-refractivity contribution < 1.29 is 18.3 Å². The van der Waals surface area contributed by atoms with E-state index in [-0.39, 0.29) is 18.3 Å². The highest BCUT2D eigenvalue weighted by Gasteiger charge is 2.22. The molecule has 194 valence electrons. The van der Waals surface area contributed by atoms with Crippen LogP contribution in [-0.2, 0) is 11.4 Å². The van der Waals surface area contributed by atoms with Gasteiger partial charge in [0.1, 0.15) is 36.1 Å². The van der Waals surface area contributed by atoms with Gasteiger partial charge in [0.15, 0.2) is 0 Å². The van der Waals surface area contributed by atoms with E-state index in [4.69, 9.17) is 16.3 Å². The Balaban J connectivity index is 1.31. The molecule has 3 aromatic carbocycles. The molecule has 0 bridgehead atoms. The fraction of sp³-hybridized carbons (Fsp3) is 0.179. The number of nitrogens with one attached hydrogen (secondary N) is 1. The summed E-state index contributed by atoms with van der Waals surface area (Å²) in [5.74, 6) is 0.00208. The molecule has 1 aromatic heterocycles. The van der Waals surface area contributed by atoms with E-state index >= 15 is 4.39 Å². The highest BCUT2D eigenvalue weighted by Crippen LogP contribution is 2.33. The molecule has 10 heteroatoms. The van der Waals surface area contributed by atoms with Crippen molar-refractivity contribution in [3.63, 3.8) is 0 Å². The molecule has 0 aliphatic carbocycles. The molecule has 0 atom stereocenters. The molecule has 1 aliphatic heterocycles. The topological polar surface area (TPSA) is 70.6 Å². The Bertz CT molecular complexity index is 1510. The number of aromatic nitrogens is 2. The zero-order chi connectivity index (χ0) is 26.6. The lowest BCUT2D eigenvalue weighted by molar-refractivity contribution is -0.126. The predicted octanol–water partition coefficient (Wildman–Crippen LogP) is 5.72. The largest absolute Gasteiger partial charge is 0.487 e. The van der Waals surface area contributed by atoms with Gasteiger partial charge in [0.2, 0.25) is 5.91 Å². The molecule has 1 amide bonds. The average molecular weight is 536 g/mol. The highest BCUT2D eigenvalue weighted by molar-refractivity contribution is 6.32. The van der Waals surface area contributed by atoms with E-state index in [9.17, 15) is 9.18 Å². The summed E-state index contributed by atoms with van der Waals surface area (Å²) in [6.45, 7) is 5.67. The first-order chi connectivity index (χ1) is 18.4. The van der Waals surface area contributed by atoms with Crippen molar-refractivity contribution >= 4 is 45.6 Å². The van der Waals surface area contributed by atoms with Crippen LogP contribution in [0.1, 0.15) is 5.56 Å². The van der Waals surface area contributed by atoms with Gasteiger partial charge in [-0.25, -0.2) is 18.7 Å². The van der Waals surface area contributed by atoms with Gasteiger partial charge < -0.3 is 19.9 Å². The Labute approximate surface area is 223 Å². The van der Waals surface area contributed by atoms with Crippen molar-refractivity contribution in [2.75, 3.05) is 36.4 Å². The number of carbonyl (C=O) groups excluding carboxylic acids is 1. The van der Waals surface area contributed by atoms with Gasteiger partial charge in [-0.2, -0.15) is 0 Å². The summed E-state index contributed by atoms with van der Waals surface area (Å²) in [5.41, 5.74) is 2.31. The van der Waals surface area contributed by atoms with Crippen molar-refractivity contribution in [2.24, 2.45) is 0 Å². The molecule has 0 spiro atoms. The fourth-order valence-electron chi connectivity index (χ4n) is 4.32. The first-order valence-electron chi connectivity index (χ1n) is 12.0. The molecule has 0 saturated carbocycles. The van der Waals surface area contributed by atoms with Crippen molar-refractivity contribution in [2.45, 2.75) is 6.61 Å². The van der Waals surface area contributed by atoms with E-state index in [0.717, 1.165) is 0 Å². The van der Waals surface area contributed by atoms with E-state index < -0.39 is 5.82 Å². The summed E-state index contributed by atoms with van der Waals surface area (Å²) < 4.78 is 34.4. The Morgan fingerprint density at radius 2 is 1.89 bits per heavy atom. The van der Waals surface area contributed by atoms with Gasteiger partial charge >= 0.3 is 0 Å². The Kier molecular flexibility index (Phi) is 7.37. The van der Waals surface area contributed by atoms with E-state index in [1.165, 1.54) is 30.6 Å². The second kappa shape index (κ2) is 11.0. The SMILES string of the molecule is C=CC(=O)N1CCN(c2cc3ncnc(Nc4ccc(OCc5cccc(F)c5)c(Cl)c4)c3cc2F)CC1. The predicted molar refractivity (Wildman–Crippen MR) is 144 cm³/mol. The Morgan fingerprint density at radius 3 is 2.63 bits per heavy atom. The Morgan fingerprint density at radius 1 is 1.08 bits per heavy atom. The minimum Gasteiger partial charge on any atom is -0.487 e. The van der Waals surface area contributed by atoms with Gasteiger partial charge in [0.25, 0.3) is 0 Å². The van der Waals surface area contributed by atoms with Crippen LogP contribution in [0.25, 0.3) is 10.9 Å². The van der Waals surface area contributed by atoms with Crippen LogP contribution in [0.3, 0.4) is 0 Å². The summed E-state index contributed by atoms with van der Waals surface area (Å²) in [6, 6.07) is 14.4. The number of fused-ring (bicyclic) bond motifs is 1. The number of carbonyl (C=O) groups is 1. The van der Waals surface area contributed by atoms with Gasteiger partial charge in [0, 0.05) is 37.3 Å². The van der Waals surface area contributed by atoms with Crippen LogP contribution >= 0.6 is 11.6 Å². The number of hydrogen-bond donors (Lipinski definition) is 1. The van der Waals surface area contributed by atoms with Crippen LogP contribution in [0.5, 0.6) is 5.75 Å². The number of anilines is 3. The molecule has 1 N–H and O–H groups in total. The number of piperazine rings is 1. The first kappa shape index (κ1) is 25.4. The number of halogens is 3. The molecule has 2 heterocycles. The number of rotatable bonds is 7. The summed E-state index contributed by atoms with van der Waals surface area (Å²) in [6.07, 6.45) is 2.70. The molecule has 38 heavy (non-hydrogen) atoms. The number of nitrogens with zero attached hydrogens (tertiary/aromatic N) is 4. The van der Waals surface area contributed by atoms with Crippen LogP contribution < -0.4 is 15.0 Å². The quantitative estimate of drug-likeness (QED) is 0.305. The van der Waals surface area contributed by atoms with Gasteiger partial charge in [-0.05, 0) is 54.1 Å². The summed E-state index contributed by atoms with van der Waals surface area (Å²) in [5, 5.41) is 4.04. The zero-order valence-corrected chi connectivity index (χ0v) is 21.1. The number of benzene rings is 3. The van der Waals surface area contributed by atoms with Crippen LogP contribution in [0, 0.1) is 11.6 Å². The average Bonchev–Trinajstić information content (AvgIpc) is 2.92. The molecule has 1 fully saturated rings. The monoisotopic (exact) mass is 535 g/mol. The van der Waals surface area contributed by atoms with Crippen molar-refractivity contribution in [3.05, 3.63) is 95.8 Å². The Hall–Kier alpha value is -4.24. The standard InChI is InChI=1S/C28H24ClF2N5O2/c1-2-27(37)36-10-8-35(9-11-36)25-15-24-21(14-23(25)31)28(33-17-32-24)34-20-6-7-26(22(29)13-20)38-16-18-4-3-5-19(30)12-18/h2-7,12-15,17H,1,8-11,16H2,(H,32,33,34). The van der Waals surface area contributed by atoms with E-state index in [1.807, 2.05) is 4.90 Å². The maximum absolute atomic E-state index is 15.2. The molecule has 0 unspecified atom stereocenters. The van der Waals surface area contributed by atoms with Crippen LogP contribution in [0.4, 0.5) is 26.0 Å². The maximum Gasteiger partial charge on any atom is 0.246 e. The first-order valence-corrected chi connectivity index (χ1v) is 12.3. The summed E-state index contributed by atoms with van der Waals surface area (Å²) >= 11 is 6.42. The van der Waals surface area contributed by atoms with Gasteiger partial charge in [-0.1, -0.05) is 30.3 Å². The van der Waals surface area contributed by atoms with E-state index in [1.54, 1.807) is 41.3 Å². The molecule has 1 aliphatic rings. The third-order valence-electron chi connectivity index (χ3n) is 6.29. The van der Waals surface area contributed by atoms with E-state index in [0.29, 0.717) is 70.6 Å². The third kappa shape index (κ3) is 5.52. The molecule has 5 rings (SSSR count). The molecular weight excluding hydrogens is 512 g/mol. The molecule has 0 radical (unpaired) electrons. The van der Waals surface area contributed by atoms with E-state index in [2.05, 4.69) is 21.9 Å². The van der Waals surface area contributed by atoms with Gasteiger partial charge in [0.05, 0.1) is 16.2 Å². The fourth-order valence-corrected chi connectivity index (χ4v) is 4.56. The molecule has 4 aromatic rings. The second-order valence-electron chi connectivity index (χ2n) is 8.75. The summed E-state index contributed by atoms with van der Waals surface area (Å²) in [4.78, 5) is 24.1. The number of amides is 1. The normalized spacial score (nSPS) is 13.4. The lowest BCUT2D eigenvalue weighted by atomic mass is 10.1. The van der Waals surface area contributed by atoms with Gasteiger partial charge in [-0.15, -0.1) is 0 Å². The van der Waals surface area contributed by atoms with Crippen molar-refractivity contribution in [1.29, 1.82) is 0 Å². The van der Waals surface area contributed by atoms with Crippen LogP contribution in [0.2, 0.25) is 5.02 Å². The minimum absolute atomic E-state index is 0.127. The van der Waals surface area contributed by atoms with Crippen LogP contribution in [-0.4, -0.2) is 47.0 Å². The highest BCUT2D eigenvalue weighted by atomic mass is 35.5. The molecular formula is C28H24ClF2N5O2. The third-order valence-corrected chi connectivity index (χ3v) is 6.58. The van der Waals surface area contributed by atoms with Crippen molar-refractivity contribution in [1.82, 2.24) is 14.9 Å². The lowest BCUT2D eigenvalue weighted by Gasteiger charge is -2.35. The smallest absolute Gasteiger partial charge is 0.246 e. The number of ether oxygens (including phenoxy) is 1. The minimum atomic E-state index is -0.405.